The Balaban J connectivity index is 3.81. The number of halogens is 1. The molecule has 4 N–H and O–H groups in total. The Morgan fingerprint density at radius 3 is 1.62 bits per heavy atom. The van der Waals surface area contributed by atoms with Crippen LogP contribution in [0.5, 0.6) is 0 Å². The minimum absolute atomic E-state index is 0.601. The molecule has 1 aliphatic heterocycles. The summed E-state index contributed by atoms with van der Waals surface area (Å²) in [5.41, 5.74) is -7.07. The Morgan fingerprint density at radius 2 is 1.33 bits per heavy atom. The van der Waals surface area contributed by atoms with Gasteiger partial charge in [0.15, 0.2) is 34.3 Å². The largest absolute Gasteiger partial charge is 0.382 e. The van der Waals surface area contributed by atoms with E-state index in [2.05, 4.69) is 4.74 Å². The van der Waals surface area contributed by atoms with Crippen LogP contribution in [0.1, 0.15) is 27.7 Å². The van der Waals surface area contributed by atoms with Gasteiger partial charge in [-0.15, -0.1) is 0 Å². The first-order chi connectivity index (χ1) is 10.7. The molecule has 1 aliphatic rings. The monoisotopic (exact) mass is 350 g/mol. The molecule has 0 amide bonds. The molecule has 0 saturated carbocycles. The van der Waals surface area contributed by atoms with Crippen LogP contribution in [0.2, 0.25) is 0 Å². The second-order valence-electron chi connectivity index (χ2n) is 5.85. The van der Waals surface area contributed by atoms with E-state index < -0.39 is 58.5 Å². The van der Waals surface area contributed by atoms with Crippen molar-refractivity contribution < 1.29 is 48.7 Å². The van der Waals surface area contributed by atoms with Gasteiger partial charge in [0.05, 0.1) is 0 Å². The van der Waals surface area contributed by atoms with Crippen LogP contribution < -0.4 is 0 Å². The number of Topliss-reactive ketones (excluding diaryl/α,β-unsaturated/α-hetero) is 4. The zero-order valence-electron chi connectivity index (χ0n) is 13.4. The Kier molecular flexibility index (Phi) is 5.15. The average molecular weight is 350 g/mol. The molecular formula is C14H19FO9. The zero-order valence-corrected chi connectivity index (χ0v) is 13.4. The Bertz CT molecular complexity index is 587. The second-order valence-corrected chi connectivity index (χ2v) is 5.85. The molecule has 0 aromatic rings. The van der Waals surface area contributed by atoms with Crippen molar-refractivity contribution in [2.24, 2.45) is 0 Å². The molecule has 0 bridgehead atoms. The fourth-order valence-electron chi connectivity index (χ4n) is 2.71. The van der Waals surface area contributed by atoms with Crippen molar-refractivity contribution in [3.05, 3.63) is 0 Å². The number of aliphatic hydroxyl groups is 4. The molecule has 0 aromatic carbocycles. The third-order valence-electron chi connectivity index (χ3n) is 4.29. The number of aliphatic hydroxyl groups excluding tert-OH is 1. The molecule has 1 unspecified atom stereocenters. The Morgan fingerprint density at radius 1 is 0.917 bits per heavy atom. The molecule has 24 heavy (non-hydrogen) atoms. The molecule has 0 radical (unpaired) electrons. The molecule has 10 heteroatoms. The van der Waals surface area contributed by atoms with Gasteiger partial charge in [0, 0.05) is 6.92 Å². The molecule has 9 nitrogen and oxygen atoms in total. The van der Waals surface area contributed by atoms with Gasteiger partial charge in [-0.2, -0.15) is 0 Å². The fourth-order valence-corrected chi connectivity index (χ4v) is 2.71. The normalized spacial score (nSPS) is 40.7. The summed E-state index contributed by atoms with van der Waals surface area (Å²) in [6.45, 7) is 2.73. The number of carbonyl (C=O) groups is 4. The van der Waals surface area contributed by atoms with Crippen LogP contribution in [-0.4, -0.2) is 78.9 Å². The fraction of sp³-hybridized carbons (Fsp3) is 0.714. The molecule has 1 rings (SSSR count). The maximum atomic E-state index is 14.7. The molecule has 0 spiro atoms. The first kappa shape index (κ1) is 20.5. The maximum absolute atomic E-state index is 14.7. The van der Waals surface area contributed by atoms with E-state index in [1.807, 2.05) is 0 Å². The summed E-state index contributed by atoms with van der Waals surface area (Å²) in [4.78, 5) is 46.8. The highest BCUT2D eigenvalue weighted by Gasteiger charge is 2.76. The lowest BCUT2D eigenvalue weighted by molar-refractivity contribution is -0.359. The lowest BCUT2D eigenvalue weighted by atomic mass is 9.65. The van der Waals surface area contributed by atoms with Gasteiger partial charge in [-0.25, -0.2) is 4.39 Å². The summed E-state index contributed by atoms with van der Waals surface area (Å²) in [6, 6.07) is 0. The van der Waals surface area contributed by atoms with E-state index in [0.29, 0.717) is 20.8 Å². The number of alkyl halides is 1. The smallest absolute Gasteiger partial charge is 0.262 e. The van der Waals surface area contributed by atoms with Crippen LogP contribution in [0.25, 0.3) is 0 Å². The van der Waals surface area contributed by atoms with Crippen LogP contribution in [-0.2, 0) is 23.9 Å². The summed E-state index contributed by atoms with van der Waals surface area (Å²) in [6.07, 6.45) is -8.07. The topological polar surface area (TPSA) is 158 Å². The minimum atomic E-state index is -3.64. The SMILES string of the molecule is CC(=O)C(O)[C@H]1O[C@@](O)(C(C)=O)[C@@H](F)[C@](O)(C(C)=O)[C@@]1(O)C(C)=O. The van der Waals surface area contributed by atoms with Gasteiger partial charge in [-0.3, -0.25) is 19.2 Å². The summed E-state index contributed by atoms with van der Waals surface area (Å²) < 4.78 is 19.4. The van der Waals surface area contributed by atoms with Crippen molar-refractivity contribution in [3.63, 3.8) is 0 Å². The Labute approximate surface area is 136 Å². The van der Waals surface area contributed by atoms with Gasteiger partial charge in [0.1, 0.15) is 12.2 Å². The average Bonchev–Trinajstić information content (AvgIpc) is 2.47. The van der Waals surface area contributed by atoms with Crippen LogP contribution in [0.15, 0.2) is 0 Å². The second kappa shape index (κ2) is 6.05. The summed E-state index contributed by atoms with van der Waals surface area (Å²) in [5, 5.41) is 41.1. The van der Waals surface area contributed by atoms with Crippen molar-refractivity contribution in [3.8, 4) is 0 Å². The molecule has 136 valence electrons. The van der Waals surface area contributed by atoms with Crippen molar-refractivity contribution in [1.29, 1.82) is 0 Å². The van der Waals surface area contributed by atoms with Crippen molar-refractivity contribution in [2.45, 2.75) is 63.1 Å². The summed E-state index contributed by atoms with van der Waals surface area (Å²) >= 11 is 0. The van der Waals surface area contributed by atoms with E-state index in [4.69, 9.17) is 0 Å². The van der Waals surface area contributed by atoms with E-state index in [-0.39, 0.29) is 0 Å². The number of ketones is 4. The summed E-state index contributed by atoms with van der Waals surface area (Å²) in [5.74, 6) is -8.91. The van der Waals surface area contributed by atoms with E-state index in [9.17, 15) is 44.0 Å². The maximum Gasteiger partial charge on any atom is 0.262 e. The number of ether oxygens (including phenoxy) is 1. The highest BCUT2D eigenvalue weighted by molar-refractivity contribution is 6.01. The van der Waals surface area contributed by atoms with E-state index in [1.54, 1.807) is 0 Å². The molecule has 1 heterocycles. The third kappa shape index (κ3) is 2.42. The summed E-state index contributed by atoms with van der Waals surface area (Å²) in [7, 11) is 0. The van der Waals surface area contributed by atoms with Crippen LogP contribution >= 0.6 is 0 Å². The van der Waals surface area contributed by atoms with Gasteiger partial charge in [0.2, 0.25) is 6.17 Å². The van der Waals surface area contributed by atoms with Gasteiger partial charge < -0.3 is 25.2 Å². The number of carbonyl (C=O) groups excluding carboxylic acids is 4. The quantitative estimate of drug-likeness (QED) is 0.424. The van der Waals surface area contributed by atoms with Crippen molar-refractivity contribution >= 4 is 23.1 Å². The highest BCUT2D eigenvalue weighted by atomic mass is 19.1. The molecule has 1 fully saturated rings. The van der Waals surface area contributed by atoms with Gasteiger partial charge in [-0.05, 0) is 20.8 Å². The van der Waals surface area contributed by atoms with E-state index in [0.717, 1.165) is 6.92 Å². The number of rotatable bonds is 5. The number of hydrogen-bond donors (Lipinski definition) is 4. The molecular weight excluding hydrogens is 331 g/mol. The molecule has 0 aromatic heterocycles. The van der Waals surface area contributed by atoms with Crippen LogP contribution in [0.3, 0.4) is 0 Å². The lowest BCUT2D eigenvalue weighted by Gasteiger charge is -2.54. The first-order valence-electron chi connectivity index (χ1n) is 6.89. The van der Waals surface area contributed by atoms with Gasteiger partial charge in [0.25, 0.3) is 5.79 Å². The molecule has 6 atom stereocenters. The van der Waals surface area contributed by atoms with E-state index >= 15 is 0 Å². The van der Waals surface area contributed by atoms with Gasteiger partial charge >= 0.3 is 0 Å². The Hall–Kier alpha value is -1.59. The van der Waals surface area contributed by atoms with Crippen LogP contribution in [0.4, 0.5) is 4.39 Å². The van der Waals surface area contributed by atoms with Gasteiger partial charge in [-0.1, -0.05) is 0 Å². The molecule has 1 saturated heterocycles. The van der Waals surface area contributed by atoms with Crippen LogP contribution in [0, 0.1) is 0 Å². The highest BCUT2D eigenvalue weighted by Crippen LogP contribution is 2.46. The third-order valence-corrected chi connectivity index (χ3v) is 4.29. The predicted molar refractivity (Wildman–Crippen MR) is 73.3 cm³/mol. The zero-order chi connectivity index (χ0) is 19.2. The van der Waals surface area contributed by atoms with Crippen molar-refractivity contribution in [1.82, 2.24) is 0 Å². The van der Waals surface area contributed by atoms with E-state index in [1.165, 1.54) is 0 Å². The molecule has 0 aliphatic carbocycles. The number of hydrogen-bond acceptors (Lipinski definition) is 9. The standard InChI is InChI=1S/C14H19FO9/c1-5(16)9(20)10-12(21,6(2)17)13(22,7(3)18)11(15)14(23,24-10)8(4)19/h9-11,20-23H,1-4H3/t9?,10-,11+,12-,13-,14+/m1/s1. The predicted octanol–water partition coefficient (Wildman–Crippen LogP) is -2.41. The van der Waals surface area contributed by atoms with Crippen molar-refractivity contribution in [2.75, 3.05) is 0 Å². The lowest BCUT2D eigenvalue weighted by Crippen LogP contribution is -2.83. The minimum Gasteiger partial charge on any atom is -0.382 e. The first-order valence-corrected chi connectivity index (χ1v) is 6.89.